The van der Waals surface area contributed by atoms with Crippen LogP contribution in [0.3, 0.4) is 0 Å². The van der Waals surface area contributed by atoms with Gasteiger partial charge in [-0.25, -0.2) is 0 Å². The maximum Gasteiger partial charge on any atom is 0.274 e. The van der Waals surface area contributed by atoms with Gasteiger partial charge in [0, 0.05) is 29.9 Å². The summed E-state index contributed by atoms with van der Waals surface area (Å²) in [4.78, 5) is 28.2. The molecule has 3 aromatic rings. The van der Waals surface area contributed by atoms with Crippen molar-refractivity contribution in [3.63, 3.8) is 0 Å². The summed E-state index contributed by atoms with van der Waals surface area (Å²) in [6.45, 7) is 2.40. The summed E-state index contributed by atoms with van der Waals surface area (Å²) in [5.74, 6) is 0.733. The second-order valence-electron chi connectivity index (χ2n) is 6.09. The minimum absolute atomic E-state index is 0.179. The SMILES string of the molecule is CC(=O)Nc1cccc(NC(=O)c2nccc3cc4c(cc23)OCCO4)c1. The first kappa shape index (κ1) is 16.8. The molecule has 1 aromatic heterocycles. The lowest BCUT2D eigenvalue weighted by molar-refractivity contribution is -0.114. The second kappa shape index (κ2) is 6.95. The highest BCUT2D eigenvalue weighted by molar-refractivity contribution is 6.12. The molecule has 27 heavy (non-hydrogen) atoms. The molecule has 2 amide bonds. The number of ether oxygens (including phenoxy) is 2. The number of carbonyl (C=O) groups excluding carboxylic acids is 2. The van der Waals surface area contributed by atoms with Crippen molar-refractivity contribution >= 4 is 34.0 Å². The Balaban J connectivity index is 1.66. The molecule has 0 spiro atoms. The summed E-state index contributed by atoms with van der Waals surface area (Å²) in [5, 5.41) is 7.02. The molecule has 2 aromatic carbocycles. The Hall–Kier alpha value is -3.61. The van der Waals surface area contributed by atoms with Crippen molar-refractivity contribution in [3.8, 4) is 11.5 Å². The maximum atomic E-state index is 12.8. The summed E-state index contributed by atoms with van der Waals surface area (Å²) in [6, 6.07) is 12.4. The molecule has 1 aliphatic heterocycles. The van der Waals surface area contributed by atoms with Gasteiger partial charge in [0.25, 0.3) is 5.91 Å². The number of fused-ring (bicyclic) bond motifs is 2. The van der Waals surface area contributed by atoms with E-state index in [1.165, 1.54) is 6.92 Å². The van der Waals surface area contributed by atoms with Gasteiger partial charge in [-0.05, 0) is 41.8 Å². The lowest BCUT2D eigenvalue weighted by Gasteiger charge is -2.19. The monoisotopic (exact) mass is 363 g/mol. The molecule has 0 fully saturated rings. The molecule has 0 saturated heterocycles. The van der Waals surface area contributed by atoms with Crippen molar-refractivity contribution in [2.45, 2.75) is 6.92 Å². The zero-order valence-electron chi connectivity index (χ0n) is 14.6. The molecule has 0 bridgehead atoms. The molecule has 0 unspecified atom stereocenters. The predicted octanol–water partition coefficient (Wildman–Crippen LogP) is 3.22. The number of benzene rings is 2. The first-order chi connectivity index (χ1) is 13.1. The standard InChI is InChI=1S/C20H17N3O4/c1-12(24)22-14-3-2-4-15(10-14)23-20(25)19-16-11-18-17(26-7-8-27-18)9-13(16)5-6-21-19/h2-6,9-11H,7-8H2,1H3,(H,22,24)(H,23,25). The van der Waals surface area contributed by atoms with Crippen LogP contribution < -0.4 is 20.1 Å². The van der Waals surface area contributed by atoms with Crippen LogP contribution in [-0.4, -0.2) is 30.0 Å². The van der Waals surface area contributed by atoms with Crippen LogP contribution in [0.1, 0.15) is 17.4 Å². The molecule has 1 aliphatic rings. The van der Waals surface area contributed by atoms with Crippen molar-refractivity contribution in [1.29, 1.82) is 0 Å². The van der Waals surface area contributed by atoms with E-state index < -0.39 is 0 Å². The molecule has 7 nitrogen and oxygen atoms in total. The Labute approximate surface area is 155 Å². The smallest absolute Gasteiger partial charge is 0.274 e. The number of amides is 2. The first-order valence-electron chi connectivity index (χ1n) is 8.47. The summed E-state index contributed by atoms with van der Waals surface area (Å²) < 4.78 is 11.2. The molecule has 0 atom stereocenters. The largest absolute Gasteiger partial charge is 0.486 e. The van der Waals surface area contributed by atoms with Crippen LogP contribution in [0.25, 0.3) is 10.8 Å². The van der Waals surface area contributed by atoms with E-state index in [1.54, 1.807) is 36.5 Å². The Morgan fingerprint density at radius 2 is 1.67 bits per heavy atom. The fourth-order valence-corrected chi connectivity index (χ4v) is 2.96. The molecular weight excluding hydrogens is 346 g/mol. The van der Waals surface area contributed by atoms with Crippen LogP contribution in [0, 0.1) is 0 Å². The molecular formula is C20H17N3O4. The minimum Gasteiger partial charge on any atom is -0.486 e. The van der Waals surface area contributed by atoms with E-state index in [4.69, 9.17) is 9.47 Å². The third-order valence-electron chi connectivity index (χ3n) is 4.08. The highest BCUT2D eigenvalue weighted by Gasteiger charge is 2.18. The van der Waals surface area contributed by atoms with Crippen LogP contribution >= 0.6 is 0 Å². The predicted molar refractivity (Wildman–Crippen MR) is 101 cm³/mol. The van der Waals surface area contributed by atoms with Gasteiger partial charge < -0.3 is 20.1 Å². The van der Waals surface area contributed by atoms with Crippen LogP contribution in [0.15, 0.2) is 48.7 Å². The molecule has 0 aliphatic carbocycles. The number of nitrogens with zero attached hydrogens (tertiary/aromatic N) is 1. The first-order valence-corrected chi connectivity index (χ1v) is 8.47. The number of nitrogens with one attached hydrogen (secondary N) is 2. The number of hydrogen-bond acceptors (Lipinski definition) is 5. The average molecular weight is 363 g/mol. The average Bonchev–Trinajstić information content (AvgIpc) is 2.65. The molecule has 0 saturated carbocycles. The van der Waals surface area contributed by atoms with Gasteiger partial charge >= 0.3 is 0 Å². The van der Waals surface area contributed by atoms with E-state index in [1.807, 2.05) is 12.1 Å². The van der Waals surface area contributed by atoms with Gasteiger partial charge in [-0.15, -0.1) is 0 Å². The van der Waals surface area contributed by atoms with Gasteiger partial charge in [0.05, 0.1) is 0 Å². The molecule has 7 heteroatoms. The van der Waals surface area contributed by atoms with E-state index in [0.29, 0.717) is 41.5 Å². The van der Waals surface area contributed by atoms with Gasteiger partial charge in [0.1, 0.15) is 18.9 Å². The van der Waals surface area contributed by atoms with Crippen molar-refractivity contribution in [1.82, 2.24) is 4.98 Å². The van der Waals surface area contributed by atoms with Crippen LogP contribution in [0.4, 0.5) is 11.4 Å². The zero-order chi connectivity index (χ0) is 18.8. The fraction of sp³-hybridized carbons (Fsp3) is 0.150. The summed E-state index contributed by atoms with van der Waals surface area (Å²) in [7, 11) is 0. The zero-order valence-corrected chi connectivity index (χ0v) is 14.6. The number of anilines is 2. The van der Waals surface area contributed by atoms with Gasteiger partial charge in [-0.3, -0.25) is 14.6 Å². The lowest BCUT2D eigenvalue weighted by Crippen LogP contribution is -2.16. The van der Waals surface area contributed by atoms with E-state index in [-0.39, 0.29) is 17.5 Å². The summed E-state index contributed by atoms with van der Waals surface area (Å²) in [6.07, 6.45) is 1.58. The van der Waals surface area contributed by atoms with Crippen molar-refractivity contribution in [2.24, 2.45) is 0 Å². The third kappa shape index (κ3) is 3.52. The lowest BCUT2D eigenvalue weighted by atomic mass is 10.1. The number of hydrogen-bond donors (Lipinski definition) is 2. The number of rotatable bonds is 3. The van der Waals surface area contributed by atoms with Crippen molar-refractivity contribution < 1.29 is 19.1 Å². The van der Waals surface area contributed by atoms with E-state index in [9.17, 15) is 9.59 Å². The van der Waals surface area contributed by atoms with E-state index >= 15 is 0 Å². The number of carbonyl (C=O) groups is 2. The fourth-order valence-electron chi connectivity index (χ4n) is 2.96. The molecule has 2 heterocycles. The van der Waals surface area contributed by atoms with Crippen LogP contribution in [0.5, 0.6) is 11.5 Å². The Morgan fingerprint density at radius 3 is 2.41 bits per heavy atom. The second-order valence-corrected chi connectivity index (χ2v) is 6.09. The van der Waals surface area contributed by atoms with Gasteiger partial charge in [-0.2, -0.15) is 0 Å². The third-order valence-corrected chi connectivity index (χ3v) is 4.08. The molecule has 136 valence electrons. The van der Waals surface area contributed by atoms with E-state index in [0.717, 1.165) is 5.39 Å². The van der Waals surface area contributed by atoms with Crippen LogP contribution in [-0.2, 0) is 4.79 Å². The van der Waals surface area contributed by atoms with Crippen molar-refractivity contribution in [2.75, 3.05) is 23.8 Å². The minimum atomic E-state index is -0.350. The Bertz CT molecular complexity index is 1050. The molecule has 0 radical (unpaired) electrons. The highest BCUT2D eigenvalue weighted by Crippen LogP contribution is 2.35. The van der Waals surface area contributed by atoms with Gasteiger partial charge in [-0.1, -0.05) is 6.07 Å². The Kier molecular flexibility index (Phi) is 4.33. The van der Waals surface area contributed by atoms with E-state index in [2.05, 4.69) is 15.6 Å². The highest BCUT2D eigenvalue weighted by atomic mass is 16.6. The maximum absolute atomic E-state index is 12.8. The molecule has 2 N–H and O–H groups in total. The number of pyridine rings is 1. The summed E-state index contributed by atoms with van der Waals surface area (Å²) in [5.41, 5.74) is 1.45. The topological polar surface area (TPSA) is 89.6 Å². The summed E-state index contributed by atoms with van der Waals surface area (Å²) >= 11 is 0. The normalized spacial score (nSPS) is 12.5. The van der Waals surface area contributed by atoms with Gasteiger partial charge in [0.15, 0.2) is 11.5 Å². The van der Waals surface area contributed by atoms with Crippen molar-refractivity contribution in [3.05, 3.63) is 54.4 Å². The number of aromatic nitrogens is 1. The Morgan fingerprint density at radius 1 is 0.963 bits per heavy atom. The quantitative estimate of drug-likeness (QED) is 0.746. The van der Waals surface area contributed by atoms with Gasteiger partial charge in [0.2, 0.25) is 5.91 Å². The molecule has 4 rings (SSSR count). The van der Waals surface area contributed by atoms with Crippen LogP contribution in [0.2, 0.25) is 0 Å².